The lowest BCUT2D eigenvalue weighted by Crippen LogP contribution is -2.58. The molecular weight excluding hydrogens is 368 g/mol. The van der Waals surface area contributed by atoms with Gasteiger partial charge in [0.15, 0.2) is 0 Å². The Bertz CT molecular complexity index is 766. The second-order valence-electron chi connectivity index (χ2n) is 5.31. The fraction of sp³-hybridized carbons (Fsp3) is 0.400. The molecule has 1 saturated heterocycles. The number of nitrogens with zero attached hydrogens (tertiary/aromatic N) is 1. The van der Waals surface area contributed by atoms with Crippen molar-refractivity contribution in [2.75, 3.05) is 6.61 Å². The molecular formula is C15H15BrN2O5. The van der Waals surface area contributed by atoms with Crippen LogP contribution in [0.4, 0.5) is 0 Å². The minimum atomic E-state index is -1.44. The van der Waals surface area contributed by atoms with E-state index in [1.165, 1.54) is 0 Å². The highest BCUT2D eigenvalue weighted by molar-refractivity contribution is 9.10. The normalized spacial score (nSPS) is 30.9. The predicted molar refractivity (Wildman–Crippen MR) is 84.4 cm³/mol. The molecule has 1 aromatic heterocycles. The maximum atomic E-state index is 9.98. The van der Waals surface area contributed by atoms with Crippen molar-refractivity contribution in [1.29, 1.82) is 0 Å². The molecule has 2 heterocycles. The lowest BCUT2D eigenvalue weighted by Gasteiger charge is -2.37. The maximum absolute atomic E-state index is 9.98. The Hall–Kier alpha value is -1.47. The van der Waals surface area contributed by atoms with Crippen LogP contribution in [0.2, 0.25) is 0 Å². The van der Waals surface area contributed by atoms with Crippen molar-refractivity contribution in [2.24, 2.45) is 0 Å². The average Bonchev–Trinajstić information content (AvgIpc) is 3.00. The molecule has 23 heavy (non-hydrogen) atoms. The fourth-order valence-corrected chi connectivity index (χ4v) is 2.96. The third-order valence-electron chi connectivity index (χ3n) is 3.75. The summed E-state index contributed by atoms with van der Waals surface area (Å²) in [5, 5.41) is 46.3. The lowest BCUT2D eigenvalue weighted by atomic mass is 9.95. The number of ether oxygens (including phenoxy) is 1. The zero-order chi connectivity index (χ0) is 16.6. The zero-order valence-corrected chi connectivity index (χ0v) is 13.4. The van der Waals surface area contributed by atoms with Gasteiger partial charge in [-0.3, -0.25) is 5.10 Å². The van der Waals surface area contributed by atoms with E-state index < -0.39 is 37.1 Å². The summed E-state index contributed by atoms with van der Waals surface area (Å²) in [5.41, 5.74) is 1.38. The van der Waals surface area contributed by atoms with Gasteiger partial charge in [0.2, 0.25) is 0 Å². The number of nitrogens with one attached hydrogen (secondary N) is 1. The Labute approximate surface area is 140 Å². The summed E-state index contributed by atoms with van der Waals surface area (Å²) in [4.78, 5) is 0. The minimum Gasteiger partial charge on any atom is -0.394 e. The second-order valence-corrected chi connectivity index (χ2v) is 6.22. The van der Waals surface area contributed by atoms with Gasteiger partial charge in [-0.05, 0) is 12.1 Å². The van der Waals surface area contributed by atoms with Crippen LogP contribution >= 0.6 is 15.9 Å². The summed E-state index contributed by atoms with van der Waals surface area (Å²) < 4.78 is 6.18. The zero-order valence-electron chi connectivity index (χ0n) is 11.8. The molecule has 0 aliphatic carbocycles. The minimum absolute atomic E-state index is 0.481. The van der Waals surface area contributed by atoms with E-state index in [2.05, 4.69) is 38.0 Å². The quantitative estimate of drug-likeness (QED) is 0.425. The van der Waals surface area contributed by atoms with E-state index in [4.69, 9.17) is 4.74 Å². The van der Waals surface area contributed by atoms with Gasteiger partial charge in [0.1, 0.15) is 30.5 Å². The summed E-state index contributed by atoms with van der Waals surface area (Å²) in [6.07, 6.45) is -4.53. The van der Waals surface area contributed by atoms with E-state index >= 15 is 0 Å². The Balaban J connectivity index is 1.92. The molecule has 0 spiro atoms. The molecule has 5 N–H and O–H groups in total. The van der Waals surface area contributed by atoms with Gasteiger partial charge in [-0.1, -0.05) is 27.8 Å². The molecule has 122 valence electrons. The molecule has 0 unspecified atom stereocenters. The lowest BCUT2D eigenvalue weighted by molar-refractivity contribution is -0.214. The van der Waals surface area contributed by atoms with Crippen LogP contribution in [0.5, 0.6) is 0 Å². The molecule has 0 saturated carbocycles. The second kappa shape index (κ2) is 6.57. The van der Waals surface area contributed by atoms with Gasteiger partial charge in [-0.2, -0.15) is 5.10 Å². The van der Waals surface area contributed by atoms with E-state index in [1.807, 2.05) is 6.07 Å². The Morgan fingerprint density at radius 2 is 2.00 bits per heavy atom. The van der Waals surface area contributed by atoms with E-state index in [1.54, 1.807) is 12.3 Å². The molecule has 1 aliphatic heterocycles. The first-order valence-corrected chi connectivity index (χ1v) is 7.75. The monoisotopic (exact) mass is 382 g/mol. The smallest absolute Gasteiger partial charge is 0.147 e. The van der Waals surface area contributed by atoms with Crippen LogP contribution in [0.15, 0.2) is 22.8 Å². The number of hydrogen-bond donors (Lipinski definition) is 5. The van der Waals surface area contributed by atoms with Crippen LogP contribution in [0.3, 0.4) is 0 Å². The molecule has 5 atom stereocenters. The van der Waals surface area contributed by atoms with Crippen LogP contribution in [0.1, 0.15) is 5.56 Å². The highest BCUT2D eigenvalue weighted by atomic mass is 79.9. The van der Waals surface area contributed by atoms with Gasteiger partial charge in [0, 0.05) is 9.86 Å². The number of hydrogen-bond acceptors (Lipinski definition) is 6. The van der Waals surface area contributed by atoms with Gasteiger partial charge in [-0.15, -0.1) is 0 Å². The van der Waals surface area contributed by atoms with E-state index in [9.17, 15) is 20.4 Å². The van der Waals surface area contributed by atoms with Crippen molar-refractivity contribution in [2.45, 2.75) is 30.5 Å². The molecule has 0 radical (unpaired) electrons. The third kappa shape index (κ3) is 3.12. The van der Waals surface area contributed by atoms with Crippen molar-refractivity contribution in [3.63, 3.8) is 0 Å². The number of H-pyrrole nitrogens is 1. The van der Waals surface area contributed by atoms with Gasteiger partial charge in [-0.25, -0.2) is 0 Å². The van der Waals surface area contributed by atoms with Crippen molar-refractivity contribution >= 4 is 26.8 Å². The van der Waals surface area contributed by atoms with Crippen LogP contribution in [0, 0.1) is 11.8 Å². The molecule has 3 rings (SSSR count). The number of benzene rings is 1. The first kappa shape index (κ1) is 16.4. The molecule has 0 bridgehead atoms. The number of aromatic amines is 1. The highest BCUT2D eigenvalue weighted by Gasteiger charge is 2.42. The summed E-state index contributed by atoms with van der Waals surface area (Å²) >= 11 is 3.39. The number of aliphatic hydroxyl groups is 4. The number of fused-ring (bicyclic) bond motifs is 1. The van der Waals surface area contributed by atoms with Crippen LogP contribution in [-0.2, 0) is 4.74 Å². The molecule has 1 aliphatic rings. The van der Waals surface area contributed by atoms with E-state index in [0.29, 0.717) is 5.56 Å². The standard InChI is InChI=1S/C15H15BrN2O5/c16-9-3-7(12-8(4-9)5-17-18-12)1-2-10-13(20)15(22)14(21)11(6-19)23-10/h3-5,10-11,13-15,19-22H,6H2,(H,17,18)/t10-,11-,13-,14-,15-/m1/s1. The summed E-state index contributed by atoms with van der Waals surface area (Å²) in [6.45, 7) is -0.481. The average molecular weight is 383 g/mol. The van der Waals surface area contributed by atoms with Crippen molar-refractivity contribution in [1.82, 2.24) is 10.2 Å². The van der Waals surface area contributed by atoms with Crippen molar-refractivity contribution in [3.05, 3.63) is 28.4 Å². The highest BCUT2D eigenvalue weighted by Crippen LogP contribution is 2.23. The summed E-state index contributed by atoms with van der Waals surface area (Å²) in [6, 6.07) is 3.68. The molecule has 1 aromatic carbocycles. The van der Waals surface area contributed by atoms with Crippen LogP contribution < -0.4 is 0 Å². The Morgan fingerprint density at radius 1 is 1.22 bits per heavy atom. The SMILES string of the molecule is OC[C@H]1O[C@H](C#Cc2cc(Br)cc3cn[nH]c23)[C@@H](O)[C@@H](O)[C@@H]1O. The largest absolute Gasteiger partial charge is 0.394 e. The summed E-state index contributed by atoms with van der Waals surface area (Å²) in [5.74, 6) is 5.62. The number of rotatable bonds is 1. The van der Waals surface area contributed by atoms with Crippen LogP contribution in [-0.4, -0.2) is 67.8 Å². The van der Waals surface area contributed by atoms with Gasteiger partial charge in [0.25, 0.3) is 0 Å². The van der Waals surface area contributed by atoms with Gasteiger partial charge >= 0.3 is 0 Å². The number of aromatic nitrogens is 2. The third-order valence-corrected chi connectivity index (χ3v) is 4.21. The maximum Gasteiger partial charge on any atom is 0.147 e. The first-order valence-electron chi connectivity index (χ1n) is 6.96. The van der Waals surface area contributed by atoms with E-state index in [-0.39, 0.29) is 0 Å². The predicted octanol–water partition coefficient (Wildman–Crippen LogP) is -0.481. The molecule has 0 amide bonds. The van der Waals surface area contributed by atoms with Gasteiger partial charge in [0.05, 0.1) is 23.9 Å². The fourth-order valence-electron chi connectivity index (χ4n) is 2.49. The number of aliphatic hydroxyl groups excluding tert-OH is 4. The van der Waals surface area contributed by atoms with Crippen molar-refractivity contribution < 1.29 is 25.2 Å². The number of halogens is 1. The molecule has 2 aromatic rings. The molecule has 7 nitrogen and oxygen atoms in total. The topological polar surface area (TPSA) is 119 Å². The molecule has 1 fully saturated rings. The van der Waals surface area contributed by atoms with E-state index in [0.717, 1.165) is 15.4 Å². The van der Waals surface area contributed by atoms with Gasteiger partial charge < -0.3 is 25.2 Å². The van der Waals surface area contributed by atoms with Crippen molar-refractivity contribution in [3.8, 4) is 11.8 Å². The van der Waals surface area contributed by atoms with Crippen LogP contribution in [0.25, 0.3) is 10.9 Å². The first-order chi connectivity index (χ1) is 11.0. The molecule has 8 heteroatoms. The Kier molecular flexibility index (Phi) is 4.68. The summed E-state index contributed by atoms with van der Waals surface area (Å²) in [7, 11) is 0. The Morgan fingerprint density at radius 3 is 2.74 bits per heavy atom.